The first-order valence-corrected chi connectivity index (χ1v) is 3.42. The summed E-state index contributed by atoms with van der Waals surface area (Å²) in [5, 5.41) is 9.11. The van der Waals surface area contributed by atoms with Gasteiger partial charge in [-0.05, 0) is 13.8 Å². The highest BCUT2D eigenvalue weighted by molar-refractivity contribution is 6.00. The molecule has 0 radical (unpaired) electrons. The third-order valence-corrected chi connectivity index (χ3v) is 1.59. The van der Waals surface area contributed by atoms with Gasteiger partial charge in [-0.3, -0.25) is 4.79 Å². The summed E-state index contributed by atoms with van der Waals surface area (Å²) in [5.74, 6) is 0.179. The Morgan fingerprint density at radius 2 is 2.09 bits per heavy atom. The zero-order valence-corrected chi connectivity index (χ0v) is 6.59. The van der Waals surface area contributed by atoms with E-state index in [-0.39, 0.29) is 11.5 Å². The van der Waals surface area contributed by atoms with E-state index in [1.807, 2.05) is 0 Å². The van der Waals surface area contributed by atoms with Crippen molar-refractivity contribution in [2.75, 3.05) is 0 Å². The quantitative estimate of drug-likeness (QED) is 0.579. The molecule has 0 aromatic rings. The zero-order valence-electron chi connectivity index (χ0n) is 6.59. The number of hydrogen-bond donors (Lipinski definition) is 1. The molecule has 0 spiro atoms. The van der Waals surface area contributed by atoms with Gasteiger partial charge in [-0.25, -0.2) is 0 Å². The van der Waals surface area contributed by atoms with Crippen molar-refractivity contribution in [2.24, 2.45) is 0 Å². The maximum absolute atomic E-state index is 10.9. The third kappa shape index (κ3) is 1.40. The fourth-order valence-electron chi connectivity index (χ4n) is 1.04. The summed E-state index contributed by atoms with van der Waals surface area (Å²) in [6.45, 7) is 3.06. The highest BCUT2D eigenvalue weighted by atomic mass is 16.3. The summed E-state index contributed by atoms with van der Waals surface area (Å²) in [5.41, 5.74) is 1.22. The van der Waals surface area contributed by atoms with Gasteiger partial charge in [0.2, 0.25) is 0 Å². The van der Waals surface area contributed by atoms with Crippen LogP contribution in [0.15, 0.2) is 35.1 Å². The SMILES string of the molecule is CC(=O)C1=CC=CC1=C(C)O. The maximum atomic E-state index is 10.9. The lowest BCUT2D eigenvalue weighted by Crippen LogP contribution is -1.97. The summed E-state index contributed by atoms with van der Waals surface area (Å²) in [7, 11) is 0. The predicted octanol–water partition coefficient (Wildman–Crippen LogP) is 1.90. The van der Waals surface area contributed by atoms with Gasteiger partial charge < -0.3 is 5.11 Å². The molecule has 0 bridgehead atoms. The molecular weight excluding hydrogens is 140 g/mol. The van der Waals surface area contributed by atoms with E-state index in [0.29, 0.717) is 11.1 Å². The molecule has 11 heavy (non-hydrogen) atoms. The van der Waals surface area contributed by atoms with E-state index in [1.165, 1.54) is 6.92 Å². The molecule has 0 aromatic heterocycles. The van der Waals surface area contributed by atoms with Crippen LogP contribution in [-0.4, -0.2) is 10.9 Å². The highest BCUT2D eigenvalue weighted by Gasteiger charge is 2.12. The van der Waals surface area contributed by atoms with E-state index >= 15 is 0 Å². The Hall–Kier alpha value is -1.31. The zero-order chi connectivity index (χ0) is 8.43. The molecule has 0 unspecified atom stereocenters. The first-order valence-electron chi connectivity index (χ1n) is 3.42. The van der Waals surface area contributed by atoms with Gasteiger partial charge in [0.15, 0.2) is 5.78 Å². The molecule has 2 nitrogen and oxygen atoms in total. The molecule has 0 fully saturated rings. The smallest absolute Gasteiger partial charge is 0.160 e. The summed E-state index contributed by atoms with van der Waals surface area (Å²) in [6, 6.07) is 0. The average Bonchev–Trinajstić information content (AvgIpc) is 2.32. The second kappa shape index (κ2) is 2.74. The number of hydrogen-bond acceptors (Lipinski definition) is 2. The molecule has 0 aromatic carbocycles. The fraction of sp³-hybridized carbons (Fsp3) is 0.222. The number of allylic oxidation sites excluding steroid dienone is 6. The van der Waals surface area contributed by atoms with E-state index in [9.17, 15) is 4.79 Å². The maximum Gasteiger partial charge on any atom is 0.160 e. The Labute approximate surface area is 65.5 Å². The fourth-order valence-corrected chi connectivity index (χ4v) is 1.04. The van der Waals surface area contributed by atoms with Crippen LogP contribution in [0, 0.1) is 0 Å². The van der Waals surface area contributed by atoms with Crippen molar-refractivity contribution in [3.63, 3.8) is 0 Å². The third-order valence-electron chi connectivity index (χ3n) is 1.59. The van der Waals surface area contributed by atoms with Gasteiger partial charge >= 0.3 is 0 Å². The molecule has 0 saturated carbocycles. The minimum absolute atomic E-state index is 0.0154. The van der Waals surface area contributed by atoms with Crippen molar-refractivity contribution in [3.8, 4) is 0 Å². The molecule has 1 aliphatic carbocycles. The lowest BCUT2D eigenvalue weighted by molar-refractivity contribution is -0.113. The summed E-state index contributed by atoms with van der Waals surface area (Å²) in [6.07, 6.45) is 5.19. The van der Waals surface area contributed by atoms with Gasteiger partial charge in [-0.2, -0.15) is 0 Å². The van der Waals surface area contributed by atoms with Gasteiger partial charge in [0.25, 0.3) is 0 Å². The average molecular weight is 150 g/mol. The Morgan fingerprint density at radius 1 is 1.45 bits per heavy atom. The molecule has 0 saturated heterocycles. The van der Waals surface area contributed by atoms with Crippen LogP contribution in [0.4, 0.5) is 0 Å². The molecule has 0 atom stereocenters. The second-order valence-corrected chi connectivity index (χ2v) is 2.49. The Bertz CT molecular complexity index is 276. The first-order chi connectivity index (χ1) is 5.13. The molecular formula is C9H10O2. The molecule has 0 aliphatic heterocycles. The number of ketones is 1. The van der Waals surface area contributed by atoms with E-state index in [1.54, 1.807) is 25.2 Å². The van der Waals surface area contributed by atoms with Crippen LogP contribution in [0.1, 0.15) is 13.8 Å². The van der Waals surface area contributed by atoms with Gasteiger partial charge in [-0.15, -0.1) is 0 Å². The van der Waals surface area contributed by atoms with Crippen molar-refractivity contribution >= 4 is 5.78 Å². The Balaban J connectivity index is 3.05. The van der Waals surface area contributed by atoms with Crippen molar-refractivity contribution < 1.29 is 9.90 Å². The Morgan fingerprint density at radius 3 is 2.45 bits per heavy atom. The van der Waals surface area contributed by atoms with Gasteiger partial charge in [0.1, 0.15) is 0 Å². The summed E-state index contributed by atoms with van der Waals surface area (Å²) < 4.78 is 0. The van der Waals surface area contributed by atoms with Crippen LogP contribution in [0.25, 0.3) is 0 Å². The van der Waals surface area contributed by atoms with Crippen molar-refractivity contribution in [3.05, 3.63) is 35.1 Å². The molecule has 1 N–H and O–H groups in total. The molecule has 58 valence electrons. The van der Waals surface area contributed by atoms with Crippen molar-refractivity contribution in [2.45, 2.75) is 13.8 Å². The van der Waals surface area contributed by atoms with Crippen LogP contribution in [0.3, 0.4) is 0 Å². The van der Waals surface area contributed by atoms with Gasteiger partial charge in [-0.1, -0.05) is 18.2 Å². The second-order valence-electron chi connectivity index (χ2n) is 2.49. The van der Waals surface area contributed by atoms with Crippen LogP contribution in [-0.2, 0) is 4.79 Å². The predicted molar refractivity (Wildman–Crippen MR) is 43.2 cm³/mol. The lowest BCUT2D eigenvalue weighted by Gasteiger charge is -2.00. The topological polar surface area (TPSA) is 37.3 Å². The number of aliphatic hydroxyl groups is 1. The number of carbonyl (C=O) groups is 1. The largest absolute Gasteiger partial charge is 0.512 e. The van der Waals surface area contributed by atoms with E-state index in [4.69, 9.17) is 5.11 Å². The molecule has 1 rings (SSSR count). The normalized spacial score (nSPS) is 20.0. The number of Topliss-reactive ketones (excluding diaryl/α,β-unsaturated/α-hetero) is 1. The van der Waals surface area contributed by atoms with Crippen LogP contribution >= 0.6 is 0 Å². The van der Waals surface area contributed by atoms with Gasteiger partial charge in [0.05, 0.1) is 5.76 Å². The first kappa shape index (κ1) is 7.79. The van der Waals surface area contributed by atoms with E-state index in [0.717, 1.165) is 0 Å². The van der Waals surface area contributed by atoms with E-state index < -0.39 is 0 Å². The van der Waals surface area contributed by atoms with Crippen LogP contribution in [0.5, 0.6) is 0 Å². The molecule has 0 heterocycles. The number of aliphatic hydroxyl groups excluding tert-OH is 1. The number of carbonyl (C=O) groups excluding carboxylic acids is 1. The summed E-state index contributed by atoms with van der Waals surface area (Å²) >= 11 is 0. The monoisotopic (exact) mass is 150 g/mol. The van der Waals surface area contributed by atoms with Crippen molar-refractivity contribution in [1.82, 2.24) is 0 Å². The van der Waals surface area contributed by atoms with Gasteiger partial charge in [0, 0.05) is 11.1 Å². The molecule has 1 aliphatic rings. The minimum Gasteiger partial charge on any atom is -0.512 e. The summed E-state index contributed by atoms with van der Waals surface area (Å²) in [4.78, 5) is 10.9. The number of rotatable bonds is 1. The van der Waals surface area contributed by atoms with Crippen molar-refractivity contribution in [1.29, 1.82) is 0 Å². The molecule has 0 amide bonds. The Kier molecular flexibility index (Phi) is 1.94. The van der Waals surface area contributed by atoms with E-state index in [2.05, 4.69) is 0 Å². The highest BCUT2D eigenvalue weighted by Crippen LogP contribution is 2.21. The minimum atomic E-state index is -0.0154. The van der Waals surface area contributed by atoms with Crippen LogP contribution in [0.2, 0.25) is 0 Å². The lowest BCUT2D eigenvalue weighted by atomic mass is 10.1. The standard InChI is InChI=1S/C9H10O2/c1-6(10)8-4-3-5-9(8)7(2)11/h3-5,10H,1-2H3. The molecule has 2 heteroatoms. The van der Waals surface area contributed by atoms with Crippen LogP contribution < -0.4 is 0 Å².